The monoisotopic (exact) mass is 286 g/mol. The Bertz CT molecular complexity index is 548. The van der Waals surface area contributed by atoms with Crippen molar-refractivity contribution in [2.45, 2.75) is 39.0 Å². The van der Waals surface area contributed by atoms with Crippen molar-refractivity contribution < 1.29 is 9.90 Å². The molecule has 0 spiro atoms. The number of carbonyl (C=O) groups is 1. The van der Waals surface area contributed by atoms with Crippen LogP contribution < -0.4 is 5.32 Å². The summed E-state index contributed by atoms with van der Waals surface area (Å²) in [6, 6.07) is 1.69. The third-order valence-electron chi connectivity index (χ3n) is 4.31. The molecule has 0 atom stereocenters. The quantitative estimate of drug-likeness (QED) is 0.815. The SMILES string of the molecule is CCC1(CNC(=O)c2ccncc2C#CCCO)CCC1. The molecule has 0 radical (unpaired) electrons. The molecule has 1 aromatic heterocycles. The lowest BCUT2D eigenvalue weighted by molar-refractivity contribution is 0.0850. The van der Waals surface area contributed by atoms with Gasteiger partial charge in [-0.05, 0) is 30.7 Å². The van der Waals surface area contributed by atoms with Crippen LogP contribution in [0.15, 0.2) is 18.5 Å². The van der Waals surface area contributed by atoms with E-state index >= 15 is 0 Å². The zero-order valence-corrected chi connectivity index (χ0v) is 12.5. The fourth-order valence-corrected chi connectivity index (χ4v) is 2.60. The Morgan fingerprint density at radius 2 is 2.33 bits per heavy atom. The van der Waals surface area contributed by atoms with Gasteiger partial charge in [-0.25, -0.2) is 0 Å². The van der Waals surface area contributed by atoms with E-state index in [9.17, 15) is 4.79 Å². The van der Waals surface area contributed by atoms with E-state index in [1.165, 1.54) is 19.3 Å². The highest BCUT2D eigenvalue weighted by Crippen LogP contribution is 2.43. The molecule has 0 bridgehead atoms. The van der Waals surface area contributed by atoms with Crippen LogP contribution in [0.4, 0.5) is 0 Å². The summed E-state index contributed by atoms with van der Waals surface area (Å²) in [7, 11) is 0. The van der Waals surface area contributed by atoms with Crippen LogP contribution in [0.25, 0.3) is 0 Å². The molecule has 0 saturated heterocycles. The lowest BCUT2D eigenvalue weighted by atomic mass is 9.67. The smallest absolute Gasteiger partial charge is 0.252 e. The second kappa shape index (κ2) is 7.24. The van der Waals surface area contributed by atoms with E-state index < -0.39 is 0 Å². The van der Waals surface area contributed by atoms with E-state index in [0.29, 0.717) is 23.0 Å². The number of hydrogen-bond donors (Lipinski definition) is 2. The predicted octanol–water partition coefficient (Wildman–Crippen LogP) is 2.13. The molecule has 2 N–H and O–H groups in total. The Kier molecular flexibility index (Phi) is 5.35. The summed E-state index contributed by atoms with van der Waals surface area (Å²) in [6.07, 6.45) is 8.36. The molecule has 1 fully saturated rings. The van der Waals surface area contributed by atoms with Crippen molar-refractivity contribution in [3.8, 4) is 11.8 Å². The molecule has 112 valence electrons. The second-order valence-electron chi connectivity index (χ2n) is 5.59. The Morgan fingerprint density at radius 1 is 1.52 bits per heavy atom. The van der Waals surface area contributed by atoms with Crippen molar-refractivity contribution >= 4 is 5.91 Å². The molecule has 0 unspecified atom stereocenters. The first kappa shape index (κ1) is 15.5. The van der Waals surface area contributed by atoms with Crippen LogP contribution in [-0.2, 0) is 0 Å². The van der Waals surface area contributed by atoms with Gasteiger partial charge in [-0.3, -0.25) is 9.78 Å². The third-order valence-corrected chi connectivity index (χ3v) is 4.31. The minimum atomic E-state index is -0.0922. The maximum absolute atomic E-state index is 12.3. The fraction of sp³-hybridized carbons (Fsp3) is 0.529. The number of carbonyl (C=O) groups excluding carboxylic acids is 1. The summed E-state index contributed by atoms with van der Waals surface area (Å²) in [6.45, 7) is 2.94. The van der Waals surface area contributed by atoms with Crippen molar-refractivity contribution in [1.82, 2.24) is 10.3 Å². The lowest BCUT2D eigenvalue weighted by Crippen LogP contribution is -2.41. The van der Waals surface area contributed by atoms with Gasteiger partial charge in [0, 0.05) is 25.4 Å². The van der Waals surface area contributed by atoms with E-state index in [2.05, 4.69) is 29.1 Å². The van der Waals surface area contributed by atoms with E-state index in [4.69, 9.17) is 5.11 Å². The van der Waals surface area contributed by atoms with Crippen LogP contribution in [0, 0.1) is 17.3 Å². The first-order chi connectivity index (χ1) is 10.2. The van der Waals surface area contributed by atoms with Crippen molar-refractivity contribution in [3.63, 3.8) is 0 Å². The zero-order chi connectivity index (χ0) is 15.1. The highest BCUT2D eigenvalue weighted by molar-refractivity contribution is 5.96. The highest BCUT2D eigenvalue weighted by Gasteiger charge is 2.35. The molecule has 4 heteroatoms. The van der Waals surface area contributed by atoms with Crippen molar-refractivity contribution in [3.05, 3.63) is 29.6 Å². The van der Waals surface area contributed by atoms with Crippen LogP contribution in [-0.4, -0.2) is 29.1 Å². The van der Waals surface area contributed by atoms with Gasteiger partial charge in [0.25, 0.3) is 5.91 Å². The molecule has 1 aliphatic rings. The van der Waals surface area contributed by atoms with Crippen LogP contribution in [0.5, 0.6) is 0 Å². The van der Waals surface area contributed by atoms with Gasteiger partial charge in [0.2, 0.25) is 0 Å². The molecule has 1 aliphatic carbocycles. The van der Waals surface area contributed by atoms with Crippen LogP contribution >= 0.6 is 0 Å². The topological polar surface area (TPSA) is 62.2 Å². The number of aromatic nitrogens is 1. The van der Waals surface area contributed by atoms with Gasteiger partial charge in [0.05, 0.1) is 17.7 Å². The molecule has 0 aromatic carbocycles. The summed E-state index contributed by atoms with van der Waals surface area (Å²) in [5.41, 5.74) is 1.47. The molecule has 0 aliphatic heterocycles. The number of aliphatic hydroxyl groups excluding tert-OH is 1. The Balaban J connectivity index is 2.04. The average molecular weight is 286 g/mol. The van der Waals surface area contributed by atoms with Gasteiger partial charge in [0.15, 0.2) is 0 Å². The summed E-state index contributed by atoms with van der Waals surface area (Å²) in [5.74, 6) is 5.64. The second-order valence-corrected chi connectivity index (χ2v) is 5.59. The number of nitrogens with zero attached hydrogens (tertiary/aromatic N) is 1. The van der Waals surface area contributed by atoms with Gasteiger partial charge < -0.3 is 10.4 Å². The summed E-state index contributed by atoms with van der Waals surface area (Å²) in [4.78, 5) is 16.4. The van der Waals surface area contributed by atoms with Gasteiger partial charge in [-0.2, -0.15) is 0 Å². The Morgan fingerprint density at radius 3 is 2.95 bits per heavy atom. The van der Waals surface area contributed by atoms with Crippen molar-refractivity contribution in [1.29, 1.82) is 0 Å². The molecule has 1 heterocycles. The molecule has 1 saturated carbocycles. The van der Waals surface area contributed by atoms with E-state index in [1.807, 2.05) is 0 Å². The molecular weight excluding hydrogens is 264 g/mol. The van der Waals surface area contributed by atoms with Crippen LogP contribution in [0.3, 0.4) is 0 Å². The fourth-order valence-electron chi connectivity index (χ4n) is 2.60. The zero-order valence-electron chi connectivity index (χ0n) is 12.5. The van der Waals surface area contributed by atoms with Gasteiger partial charge in [-0.1, -0.05) is 25.2 Å². The third kappa shape index (κ3) is 3.83. The van der Waals surface area contributed by atoms with E-state index in [-0.39, 0.29) is 12.5 Å². The molecular formula is C17H22N2O2. The maximum Gasteiger partial charge on any atom is 0.252 e. The van der Waals surface area contributed by atoms with E-state index in [0.717, 1.165) is 13.0 Å². The molecule has 1 amide bonds. The predicted molar refractivity (Wildman–Crippen MR) is 81.7 cm³/mol. The van der Waals surface area contributed by atoms with Crippen molar-refractivity contribution in [2.24, 2.45) is 5.41 Å². The number of pyridine rings is 1. The number of amides is 1. The lowest BCUT2D eigenvalue weighted by Gasteiger charge is -2.41. The van der Waals surface area contributed by atoms with Gasteiger partial charge in [0.1, 0.15) is 0 Å². The minimum absolute atomic E-state index is 0.0216. The Labute approximate surface area is 126 Å². The van der Waals surface area contributed by atoms with Gasteiger partial charge >= 0.3 is 0 Å². The first-order valence-electron chi connectivity index (χ1n) is 7.53. The minimum Gasteiger partial charge on any atom is -0.395 e. The Hall–Kier alpha value is -1.86. The summed E-state index contributed by atoms with van der Waals surface area (Å²) < 4.78 is 0. The number of nitrogens with one attached hydrogen (secondary N) is 1. The summed E-state index contributed by atoms with van der Waals surface area (Å²) >= 11 is 0. The molecule has 2 rings (SSSR count). The standard InChI is InChI=1S/C17H22N2O2/c1-2-17(8-5-9-17)13-19-16(21)15-7-10-18-12-14(15)6-3-4-11-20/h7,10,12,20H,2,4-5,8-9,11,13H2,1H3,(H,19,21). The summed E-state index contributed by atoms with van der Waals surface area (Å²) in [5, 5.41) is 11.8. The highest BCUT2D eigenvalue weighted by atomic mass is 16.2. The number of rotatable bonds is 5. The van der Waals surface area contributed by atoms with Crippen LogP contribution in [0.1, 0.15) is 54.9 Å². The average Bonchev–Trinajstić information content (AvgIpc) is 2.47. The van der Waals surface area contributed by atoms with Gasteiger partial charge in [-0.15, -0.1) is 0 Å². The maximum atomic E-state index is 12.3. The molecule has 1 aromatic rings. The van der Waals surface area contributed by atoms with E-state index in [1.54, 1.807) is 18.5 Å². The van der Waals surface area contributed by atoms with Crippen LogP contribution in [0.2, 0.25) is 0 Å². The molecule has 4 nitrogen and oxygen atoms in total. The number of aliphatic hydroxyl groups is 1. The first-order valence-corrected chi connectivity index (χ1v) is 7.53. The molecule has 21 heavy (non-hydrogen) atoms. The van der Waals surface area contributed by atoms with Crippen molar-refractivity contribution in [2.75, 3.05) is 13.2 Å². The normalized spacial score (nSPS) is 15.5. The largest absolute Gasteiger partial charge is 0.395 e. The number of hydrogen-bond acceptors (Lipinski definition) is 3.